The summed E-state index contributed by atoms with van der Waals surface area (Å²) in [4.78, 5) is 14.6. The van der Waals surface area contributed by atoms with Crippen molar-refractivity contribution < 1.29 is 17.6 Å². The number of ether oxygens (including phenoxy) is 1. The van der Waals surface area contributed by atoms with Gasteiger partial charge in [-0.25, -0.2) is 12.7 Å². The molecule has 0 unspecified atom stereocenters. The number of hydrogen-bond acceptors (Lipinski definition) is 8. The maximum Gasteiger partial charge on any atom is 0.227 e. The number of nitrogens with one attached hydrogen (secondary N) is 1. The molecule has 2 aliphatic heterocycles. The Hall–Kier alpha value is -2.40. The Morgan fingerprint density at radius 3 is 2.61 bits per heavy atom. The fourth-order valence-corrected chi connectivity index (χ4v) is 4.98. The van der Waals surface area contributed by atoms with Crippen LogP contribution in [0.3, 0.4) is 0 Å². The van der Waals surface area contributed by atoms with E-state index in [-0.39, 0.29) is 17.1 Å². The van der Waals surface area contributed by atoms with Gasteiger partial charge in [0.2, 0.25) is 21.2 Å². The van der Waals surface area contributed by atoms with Crippen LogP contribution in [-0.4, -0.2) is 43.6 Å². The first kappa shape index (κ1) is 21.8. The first-order valence-electron chi connectivity index (χ1n) is 10.2. The number of fused-ring (bicyclic) bond motifs is 1. The minimum absolute atomic E-state index is 0.171. The molecule has 0 spiro atoms. The SMILES string of the molecule is CS(=O)(=O)N1CCC(COc2coc(CN3Cc4ccc(N[O-])cc4C3)cc2=O)CC1. The summed E-state index contributed by atoms with van der Waals surface area (Å²) in [5, 5.41) is 10.8. The van der Waals surface area contributed by atoms with E-state index < -0.39 is 10.0 Å². The molecule has 1 fully saturated rings. The number of benzene rings is 1. The summed E-state index contributed by atoms with van der Waals surface area (Å²) >= 11 is 0. The highest BCUT2D eigenvalue weighted by atomic mass is 32.2. The molecule has 31 heavy (non-hydrogen) atoms. The van der Waals surface area contributed by atoms with Crippen LogP contribution in [-0.2, 0) is 29.7 Å². The van der Waals surface area contributed by atoms with Crippen LogP contribution in [0.1, 0.15) is 29.7 Å². The second-order valence-corrected chi connectivity index (χ2v) is 10.2. The van der Waals surface area contributed by atoms with Crippen molar-refractivity contribution in [1.29, 1.82) is 0 Å². The zero-order chi connectivity index (χ0) is 22.0. The minimum Gasteiger partial charge on any atom is -0.761 e. The van der Waals surface area contributed by atoms with Crippen LogP contribution in [0.15, 0.2) is 39.7 Å². The summed E-state index contributed by atoms with van der Waals surface area (Å²) < 4.78 is 36.0. The lowest BCUT2D eigenvalue weighted by Gasteiger charge is -2.29. The van der Waals surface area contributed by atoms with Gasteiger partial charge in [0.05, 0.1) is 19.4 Å². The zero-order valence-corrected chi connectivity index (χ0v) is 18.2. The van der Waals surface area contributed by atoms with Crippen LogP contribution in [0.4, 0.5) is 5.69 Å². The van der Waals surface area contributed by atoms with Crippen molar-refractivity contribution >= 4 is 15.7 Å². The Labute approximate surface area is 181 Å². The first-order chi connectivity index (χ1) is 14.8. The fraction of sp³-hybridized carbons (Fsp3) is 0.476. The highest BCUT2D eigenvalue weighted by Crippen LogP contribution is 2.27. The summed E-state index contributed by atoms with van der Waals surface area (Å²) in [5.74, 6) is 0.924. The second-order valence-electron chi connectivity index (χ2n) is 8.22. The van der Waals surface area contributed by atoms with Crippen LogP contribution in [0.5, 0.6) is 5.75 Å². The van der Waals surface area contributed by atoms with Crippen LogP contribution >= 0.6 is 0 Å². The molecule has 0 saturated carbocycles. The Bertz CT molecular complexity index is 1090. The van der Waals surface area contributed by atoms with Crippen LogP contribution < -0.4 is 15.6 Å². The van der Waals surface area contributed by atoms with Gasteiger partial charge in [0.1, 0.15) is 12.0 Å². The molecule has 168 valence electrons. The zero-order valence-electron chi connectivity index (χ0n) is 17.4. The Morgan fingerprint density at radius 2 is 1.94 bits per heavy atom. The standard InChI is InChI=1S/C21H26N3O6S/c1-31(27,28)24-6-4-15(5-7-24)13-30-21-14-29-19(9-20(21)25)12-23-10-16-2-3-18(22-26)8-17(16)11-23/h2-3,8-9,14-15,22H,4-7,10-13H2,1H3/q-1. The summed E-state index contributed by atoms with van der Waals surface area (Å²) in [7, 11) is -3.15. The van der Waals surface area contributed by atoms with E-state index in [1.54, 1.807) is 6.07 Å². The average molecular weight is 449 g/mol. The van der Waals surface area contributed by atoms with Gasteiger partial charge in [0.25, 0.3) is 0 Å². The van der Waals surface area contributed by atoms with Gasteiger partial charge < -0.3 is 19.8 Å². The smallest absolute Gasteiger partial charge is 0.227 e. The minimum atomic E-state index is -3.15. The van der Waals surface area contributed by atoms with E-state index in [0.29, 0.717) is 57.1 Å². The van der Waals surface area contributed by atoms with Gasteiger partial charge in [-0.1, -0.05) is 6.07 Å². The number of piperidine rings is 1. The molecule has 1 N–H and O–H groups in total. The van der Waals surface area contributed by atoms with Gasteiger partial charge in [-0.05, 0) is 42.0 Å². The van der Waals surface area contributed by atoms with Gasteiger partial charge in [0.15, 0.2) is 0 Å². The van der Waals surface area contributed by atoms with E-state index in [4.69, 9.17) is 9.15 Å². The van der Waals surface area contributed by atoms with Crippen molar-refractivity contribution in [2.45, 2.75) is 32.5 Å². The molecule has 3 heterocycles. The molecule has 2 aromatic rings. The molecule has 0 atom stereocenters. The van der Waals surface area contributed by atoms with Crippen molar-refractivity contribution in [2.75, 3.05) is 31.4 Å². The third-order valence-electron chi connectivity index (χ3n) is 5.86. The maximum atomic E-state index is 12.4. The maximum absolute atomic E-state index is 12.4. The van der Waals surface area contributed by atoms with Crippen LogP contribution in [0.25, 0.3) is 0 Å². The normalized spacial score (nSPS) is 18.1. The Morgan fingerprint density at radius 1 is 1.19 bits per heavy atom. The highest BCUT2D eigenvalue weighted by molar-refractivity contribution is 7.88. The summed E-state index contributed by atoms with van der Waals surface area (Å²) in [5.41, 5.74) is 4.46. The van der Waals surface area contributed by atoms with Gasteiger partial charge in [-0.15, -0.1) is 0 Å². The van der Waals surface area contributed by atoms with Crippen molar-refractivity contribution in [3.8, 4) is 5.75 Å². The van der Waals surface area contributed by atoms with Crippen LogP contribution in [0.2, 0.25) is 0 Å². The fourth-order valence-electron chi connectivity index (χ4n) is 4.10. The van der Waals surface area contributed by atoms with Gasteiger partial charge >= 0.3 is 0 Å². The number of anilines is 1. The lowest BCUT2D eigenvalue weighted by molar-refractivity contribution is 0.180. The number of hydrogen-bond donors (Lipinski definition) is 1. The van der Waals surface area contributed by atoms with E-state index in [0.717, 1.165) is 17.7 Å². The predicted molar refractivity (Wildman–Crippen MR) is 116 cm³/mol. The lowest BCUT2D eigenvalue weighted by Crippen LogP contribution is -2.39. The molecule has 0 aliphatic carbocycles. The molecule has 1 saturated heterocycles. The monoisotopic (exact) mass is 448 g/mol. The summed E-state index contributed by atoms with van der Waals surface area (Å²) in [6, 6.07) is 6.99. The van der Waals surface area contributed by atoms with Crippen molar-refractivity contribution in [1.82, 2.24) is 9.21 Å². The number of rotatable bonds is 7. The number of sulfonamides is 1. The van der Waals surface area contributed by atoms with Crippen molar-refractivity contribution in [2.24, 2.45) is 5.92 Å². The van der Waals surface area contributed by atoms with Crippen molar-refractivity contribution in [3.63, 3.8) is 0 Å². The molecule has 1 aromatic heterocycles. The van der Waals surface area contributed by atoms with E-state index in [9.17, 15) is 18.4 Å². The Balaban J connectivity index is 1.29. The van der Waals surface area contributed by atoms with E-state index in [1.807, 2.05) is 17.6 Å². The van der Waals surface area contributed by atoms with Crippen molar-refractivity contribution in [3.05, 3.63) is 62.8 Å². The molecule has 2 aliphatic rings. The molecule has 4 rings (SSSR count). The van der Waals surface area contributed by atoms with Crippen LogP contribution in [0, 0.1) is 11.1 Å². The van der Waals surface area contributed by atoms with E-state index in [1.165, 1.54) is 22.9 Å². The topological polar surface area (TPSA) is 115 Å². The molecule has 10 heteroatoms. The van der Waals surface area contributed by atoms with Gasteiger partial charge in [-0.2, -0.15) is 0 Å². The molecule has 0 amide bonds. The molecule has 0 radical (unpaired) electrons. The highest BCUT2D eigenvalue weighted by Gasteiger charge is 2.25. The van der Waals surface area contributed by atoms with E-state index >= 15 is 0 Å². The lowest BCUT2D eigenvalue weighted by atomic mass is 9.99. The number of nitrogens with zero attached hydrogens (tertiary/aromatic N) is 2. The first-order valence-corrected chi connectivity index (χ1v) is 12.1. The Kier molecular flexibility index (Phi) is 6.33. The molecule has 0 bridgehead atoms. The third kappa shape index (κ3) is 5.27. The molecular formula is C21H26N3O6S-. The predicted octanol–water partition coefficient (Wildman–Crippen LogP) is 2.12. The van der Waals surface area contributed by atoms with Gasteiger partial charge in [-0.3, -0.25) is 9.69 Å². The summed E-state index contributed by atoms with van der Waals surface area (Å²) in [6.45, 7) is 3.20. The molecule has 1 aromatic carbocycles. The van der Waals surface area contributed by atoms with Gasteiger partial charge in [0, 0.05) is 37.9 Å². The molecule has 9 nitrogen and oxygen atoms in total. The quantitative estimate of drug-likeness (QED) is 0.641. The summed E-state index contributed by atoms with van der Waals surface area (Å²) in [6.07, 6.45) is 3.98. The largest absolute Gasteiger partial charge is 0.761 e. The average Bonchev–Trinajstić information content (AvgIpc) is 3.14. The molecular weight excluding hydrogens is 422 g/mol. The second kappa shape index (κ2) is 8.99. The third-order valence-corrected chi connectivity index (χ3v) is 7.16. The van der Waals surface area contributed by atoms with E-state index in [2.05, 4.69) is 4.90 Å².